The summed E-state index contributed by atoms with van der Waals surface area (Å²) in [6, 6.07) is 3.86. The summed E-state index contributed by atoms with van der Waals surface area (Å²) < 4.78 is 5.53. The lowest BCUT2D eigenvalue weighted by Crippen LogP contribution is -2.08. The van der Waals surface area contributed by atoms with E-state index in [0.29, 0.717) is 23.3 Å². The first-order chi connectivity index (χ1) is 8.67. The van der Waals surface area contributed by atoms with Crippen molar-refractivity contribution >= 4 is 11.6 Å². The summed E-state index contributed by atoms with van der Waals surface area (Å²) >= 11 is 5.83. The molecule has 0 spiro atoms. The molecule has 0 aliphatic heterocycles. The SMILES string of the molecule is CNCc1cc(C)nc(Oc2cncc(Cl)c2)n1. The number of ether oxygens (including phenoxy) is 1. The minimum absolute atomic E-state index is 0.296. The van der Waals surface area contributed by atoms with Crippen molar-refractivity contribution in [2.24, 2.45) is 0 Å². The van der Waals surface area contributed by atoms with Crippen molar-refractivity contribution in [3.05, 3.63) is 40.9 Å². The summed E-state index contributed by atoms with van der Waals surface area (Å²) in [7, 11) is 1.86. The normalized spacial score (nSPS) is 10.4. The number of halogens is 1. The van der Waals surface area contributed by atoms with E-state index in [9.17, 15) is 0 Å². The van der Waals surface area contributed by atoms with Crippen molar-refractivity contribution in [3.8, 4) is 11.8 Å². The van der Waals surface area contributed by atoms with Gasteiger partial charge in [-0.3, -0.25) is 4.98 Å². The third-order valence-electron chi connectivity index (χ3n) is 2.13. The third-order valence-corrected chi connectivity index (χ3v) is 2.34. The van der Waals surface area contributed by atoms with Crippen LogP contribution in [0.4, 0.5) is 0 Å². The lowest BCUT2D eigenvalue weighted by atomic mass is 10.3. The molecule has 5 nitrogen and oxygen atoms in total. The zero-order valence-electron chi connectivity index (χ0n) is 10.1. The van der Waals surface area contributed by atoms with Crippen molar-refractivity contribution in [1.29, 1.82) is 0 Å². The van der Waals surface area contributed by atoms with Crippen molar-refractivity contribution < 1.29 is 4.74 Å². The maximum atomic E-state index is 5.83. The fourth-order valence-corrected chi connectivity index (χ4v) is 1.64. The highest BCUT2D eigenvalue weighted by molar-refractivity contribution is 6.30. The van der Waals surface area contributed by atoms with Gasteiger partial charge in [-0.15, -0.1) is 0 Å². The smallest absolute Gasteiger partial charge is 0.322 e. The monoisotopic (exact) mass is 264 g/mol. The molecule has 0 saturated carbocycles. The highest BCUT2D eigenvalue weighted by Gasteiger charge is 2.05. The van der Waals surface area contributed by atoms with E-state index in [2.05, 4.69) is 20.3 Å². The first-order valence-corrected chi connectivity index (χ1v) is 5.83. The van der Waals surface area contributed by atoms with E-state index in [1.807, 2.05) is 20.0 Å². The molecule has 2 aromatic heterocycles. The Morgan fingerprint density at radius 3 is 2.83 bits per heavy atom. The summed E-state index contributed by atoms with van der Waals surface area (Å²) in [5, 5.41) is 3.54. The van der Waals surface area contributed by atoms with Gasteiger partial charge in [-0.2, -0.15) is 4.98 Å². The highest BCUT2D eigenvalue weighted by atomic mass is 35.5. The van der Waals surface area contributed by atoms with Gasteiger partial charge in [0.1, 0.15) is 0 Å². The number of nitrogens with zero attached hydrogens (tertiary/aromatic N) is 3. The molecule has 0 aromatic carbocycles. The molecule has 0 saturated heterocycles. The lowest BCUT2D eigenvalue weighted by molar-refractivity contribution is 0.435. The standard InChI is InChI=1S/C12H13ClN4O/c1-8-3-10(6-14-2)17-12(16-8)18-11-4-9(13)5-15-7-11/h3-5,7,14H,6H2,1-2H3. The number of rotatable bonds is 4. The van der Waals surface area contributed by atoms with Crippen LogP contribution in [0.1, 0.15) is 11.4 Å². The summed E-state index contributed by atoms with van der Waals surface area (Å²) in [5.74, 6) is 0.517. The van der Waals surface area contributed by atoms with E-state index >= 15 is 0 Å². The summed E-state index contributed by atoms with van der Waals surface area (Å²) in [6.07, 6.45) is 3.10. The Balaban J connectivity index is 2.23. The molecule has 1 N–H and O–H groups in total. The molecule has 94 valence electrons. The van der Waals surface area contributed by atoms with E-state index < -0.39 is 0 Å². The molecule has 0 amide bonds. The molecule has 0 fully saturated rings. The van der Waals surface area contributed by atoms with Gasteiger partial charge in [0.05, 0.1) is 16.9 Å². The van der Waals surface area contributed by atoms with E-state index in [1.54, 1.807) is 12.3 Å². The van der Waals surface area contributed by atoms with Gasteiger partial charge in [-0.1, -0.05) is 11.6 Å². The lowest BCUT2D eigenvalue weighted by Gasteiger charge is -2.06. The predicted molar refractivity (Wildman–Crippen MR) is 68.9 cm³/mol. The summed E-state index contributed by atoms with van der Waals surface area (Å²) in [6.45, 7) is 2.55. The van der Waals surface area contributed by atoms with Crippen LogP contribution in [0.15, 0.2) is 24.5 Å². The van der Waals surface area contributed by atoms with Crippen LogP contribution in [0.3, 0.4) is 0 Å². The Bertz CT molecular complexity index is 547. The second-order valence-electron chi connectivity index (χ2n) is 3.75. The van der Waals surface area contributed by atoms with Crippen molar-refractivity contribution in [1.82, 2.24) is 20.3 Å². The second-order valence-corrected chi connectivity index (χ2v) is 4.19. The van der Waals surface area contributed by atoms with Crippen molar-refractivity contribution in [2.75, 3.05) is 7.05 Å². The number of pyridine rings is 1. The summed E-state index contributed by atoms with van der Waals surface area (Å²) in [5.41, 5.74) is 1.72. The highest BCUT2D eigenvalue weighted by Crippen LogP contribution is 2.20. The average Bonchev–Trinajstić information content (AvgIpc) is 2.28. The zero-order chi connectivity index (χ0) is 13.0. The van der Waals surface area contributed by atoms with Gasteiger partial charge < -0.3 is 10.1 Å². The van der Waals surface area contributed by atoms with Crippen LogP contribution in [0.5, 0.6) is 11.8 Å². The quantitative estimate of drug-likeness (QED) is 0.919. The number of nitrogens with one attached hydrogen (secondary N) is 1. The fraction of sp³-hybridized carbons (Fsp3) is 0.250. The van der Waals surface area contributed by atoms with Gasteiger partial charge in [-0.25, -0.2) is 4.98 Å². The van der Waals surface area contributed by atoms with Gasteiger partial charge in [0.25, 0.3) is 0 Å². The largest absolute Gasteiger partial charge is 0.423 e. The Morgan fingerprint density at radius 2 is 2.11 bits per heavy atom. The predicted octanol–water partition coefficient (Wildman–Crippen LogP) is 2.35. The van der Waals surface area contributed by atoms with Crippen LogP contribution in [0.25, 0.3) is 0 Å². The third kappa shape index (κ3) is 3.38. The molecule has 0 bridgehead atoms. The number of aromatic nitrogens is 3. The molecular weight excluding hydrogens is 252 g/mol. The van der Waals surface area contributed by atoms with Gasteiger partial charge in [0, 0.05) is 24.5 Å². The molecule has 2 rings (SSSR count). The zero-order valence-corrected chi connectivity index (χ0v) is 10.9. The minimum atomic E-state index is 0.296. The molecule has 0 aliphatic rings. The van der Waals surface area contributed by atoms with Gasteiger partial charge >= 0.3 is 6.01 Å². The molecule has 0 atom stereocenters. The van der Waals surface area contributed by atoms with Gasteiger partial charge in [0.2, 0.25) is 0 Å². The molecule has 0 radical (unpaired) electrons. The number of hydrogen-bond donors (Lipinski definition) is 1. The molecule has 2 aromatic rings. The topological polar surface area (TPSA) is 59.9 Å². The maximum Gasteiger partial charge on any atom is 0.322 e. The maximum absolute atomic E-state index is 5.83. The van der Waals surface area contributed by atoms with Gasteiger partial charge in [-0.05, 0) is 20.0 Å². The Hall–Kier alpha value is -1.72. The van der Waals surface area contributed by atoms with E-state index in [0.717, 1.165) is 11.4 Å². The van der Waals surface area contributed by atoms with Crippen LogP contribution in [-0.4, -0.2) is 22.0 Å². The van der Waals surface area contributed by atoms with Gasteiger partial charge in [0.15, 0.2) is 5.75 Å². The second kappa shape index (κ2) is 5.75. The average molecular weight is 265 g/mol. The molecule has 18 heavy (non-hydrogen) atoms. The number of aryl methyl sites for hydroxylation is 1. The molecular formula is C12H13ClN4O. The first kappa shape index (κ1) is 12.7. The molecule has 2 heterocycles. The van der Waals surface area contributed by atoms with Crippen LogP contribution in [0, 0.1) is 6.92 Å². The van der Waals surface area contributed by atoms with E-state index in [-0.39, 0.29) is 0 Å². The Kier molecular flexibility index (Phi) is 4.07. The van der Waals surface area contributed by atoms with Crippen LogP contribution < -0.4 is 10.1 Å². The number of hydrogen-bond acceptors (Lipinski definition) is 5. The van der Waals surface area contributed by atoms with Crippen molar-refractivity contribution in [2.45, 2.75) is 13.5 Å². The van der Waals surface area contributed by atoms with E-state index in [4.69, 9.17) is 16.3 Å². The molecule has 6 heteroatoms. The first-order valence-electron chi connectivity index (χ1n) is 5.45. The Morgan fingerprint density at radius 1 is 1.28 bits per heavy atom. The fourth-order valence-electron chi connectivity index (χ4n) is 1.48. The van der Waals surface area contributed by atoms with Crippen LogP contribution >= 0.6 is 11.6 Å². The summed E-state index contributed by atoms with van der Waals surface area (Å²) in [4.78, 5) is 12.4. The van der Waals surface area contributed by atoms with Crippen molar-refractivity contribution in [3.63, 3.8) is 0 Å². The van der Waals surface area contributed by atoms with E-state index in [1.165, 1.54) is 6.20 Å². The molecule has 0 unspecified atom stereocenters. The molecule has 0 aliphatic carbocycles. The minimum Gasteiger partial charge on any atom is -0.423 e. The van der Waals surface area contributed by atoms with Crippen LogP contribution in [0.2, 0.25) is 5.02 Å². The van der Waals surface area contributed by atoms with Crippen LogP contribution in [-0.2, 0) is 6.54 Å². The Labute approximate surface area is 110 Å².